The van der Waals surface area contributed by atoms with Gasteiger partial charge in [0.05, 0.1) is 27.0 Å². The number of benzene rings is 2. The molecule has 2 amide bonds. The molecular weight excluding hydrogens is 838 g/mol. The maximum absolute atomic E-state index is 16.2. The number of hydrogen-bond donors (Lipinski definition) is 3. The first-order valence-corrected chi connectivity index (χ1v) is 24.8. The van der Waals surface area contributed by atoms with E-state index in [4.69, 9.17) is 4.98 Å². The summed E-state index contributed by atoms with van der Waals surface area (Å²) in [5.74, 6) is 0.863. The zero-order valence-corrected chi connectivity index (χ0v) is 37.9. The zero-order valence-electron chi connectivity index (χ0n) is 37.1. The van der Waals surface area contributed by atoms with Gasteiger partial charge in [-0.3, -0.25) is 24.0 Å². The number of aliphatic hydroxyl groups is 1. The molecule has 0 radical (unpaired) electrons. The number of anilines is 4. The summed E-state index contributed by atoms with van der Waals surface area (Å²) in [6, 6.07) is 7.85. The summed E-state index contributed by atoms with van der Waals surface area (Å²) in [5, 5.41) is 16.1. The van der Waals surface area contributed by atoms with E-state index < -0.39 is 38.9 Å². The standard InChI is InChI=1S/C47H60FN9O6S/c1-29-23-32(7-8-35(29)50-44-49-26-34(31-5-6-31)42(52-44)56-18-4-15-46(2,61)28-56)64(62,63)33-24-47(25-33)16-21-54(22-17-47)27-30-13-19-55(20-14-30)36-9-10-37-41(40(36)48)53(3)45(60)57(37)38-11-12-39(58)51-43(38)59/h7-10,23,26,30-31,33,38,61H,4-6,11-22,24-25,27-28H2,1-3H3,(H,49,50,52)(H,51,58,59). The molecule has 1 spiro atoms. The van der Waals surface area contributed by atoms with Crippen molar-refractivity contribution in [2.75, 3.05) is 60.9 Å². The van der Waals surface area contributed by atoms with Gasteiger partial charge >= 0.3 is 5.69 Å². The Labute approximate surface area is 373 Å². The van der Waals surface area contributed by atoms with Crippen LogP contribution in [0.25, 0.3) is 11.0 Å². The summed E-state index contributed by atoms with van der Waals surface area (Å²) in [4.78, 5) is 54.3. The van der Waals surface area contributed by atoms with Gasteiger partial charge in [0.1, 0.15) is 17.4 Å². The lowest BCUT2D eigenvalue weighted by molar-refractivity contribution is -0.135. The van der Waals surface area contributed by atoms with E-state index in [0.717, 1.165) is 100 Å². The number of aromatic nitrogens is 4. The van der Waals surface area contributed by atoms with Crippen molar-refractivity contribution < 1.29 is 27.5 Å². The second-order valence-electron chi connectivity index (χ2n) is 20.1. The van der Waals surface area contributed by atoms with Gasteiger partial charge < -0.3 is 25.1 Å². The van der Waals surface area contributed by atoms with Gasteiger partial charge in [0.25, 0.3) is 0 Å². The van der Waals surface area contributed by atoms with Gasteiger partial charge in [0, 0.05) is 63.6 Å². The molecule has 6 aliphatic rings. The summed E-state index contributed by atoms with van der Waals surface area (Å²) in [6.45, 7) is 9.39. The molecule has 15 nitrogen and oxygen atoms in total. The van der Waals surface area contributed by atoms with Gasteiger partial charge in [0.2, 0.25) is 17.8 Å². The molecular formula is C47H60FN9O6S. The summed E-state index contributed by atoms with van der Waals surface area (Å²) in [5.41, 5.74) is 2.46. The van der Waals surface area contributed by atoms with Crippen LogP contribution in [0.5, 0.6) is 0 Å². The largest absolute Gasteiger partial charge is 0.388 e. The summed E-state index contributed by atoms with van der Waals surface area (Å²) in [7, 11) is -1.99. The average molecular weight is 898 g/mol. The van der Waals surface area contributed by atoms with Crippen LogP contribution in [0.1, 0.15) is 107 Å². The summed E-state index contributed by atoms with van der Waals surface area (Å²) >= 11 is 0. The molecule has 2 aliphatic carbocycles. The SMILES string of the molecule is Cc1cc(S(=O)(=O)C2CC3(CCN(CC4CCN(c5ccc6c(c5F)n(C)c(=O)n6C5CCC(=O)NC5=O)CC4)CC3)C2)ccc1Nc1ncc(C2CC2)c(N2CCCC(C)(O)C2)n1. The van der Waals surface area contributed by atoms with Crippen LogP contribution in [0.4, 0.5) is 27.5 Å². The molecule has 64 heavy (non-hydrogen) atoms. The van der Waals surface area contributed by atoms with Crippen molar-refractivity contribution in [3.05, 3.63) is 64.0 Å². The second kappa shape index (κ2) is 16.2. The molecule has 2 aromatic heterocycles. The third kappa shape index (κ3) is 7.99. The Morgan fingerprint density at radius 3 is 2.39 bits per heavy atom. The Kier molecular flexibility index (Phi) is 10.9. The molecule has 2 saturated carbocycles. The molecule has 6 heterocycles. The molecule has 17 heteroatoms. The van der Waals surface area contributed by atoms with Crippen molar-refractivity contribution >= 4 is 55.8 Å². The van der Waals surface area contributed by atoms with Crippen molar-refractivity contribution in [1.82, 2.24) is 29.3 Å². The van der Waals surface area contributed by atoms with Crippen LogP contribution >= 0.6 is 0 Å². The fourth-order valence-corrected chi connectivity index (χ4v) is 13.5. The highest BCUT2D eigenvalue weighted by Gasteiger charge is 2.51. The number of amides is 2. The number of sulfone groups is 1. The number of nitrogens with one attached hydrogen (secondary N) is 2. The highest BCUT2D eigenvalue weighted by atomic mass is 32.2. The smallest absolute Gasteiger partial charge is 0.329 e. The van der Waals surface area contributed by atoms with E-state index in [0.29, 0.717) is 66.4 Å². The van der Waals surface area contributed by atoms with Crippen LogP contribution in [0, 0.1) is 24.1 Å². The molecule has 2 aromatic carbocycles. The predicted molar refractivity (Wildman–Crippen MR) is 242 cm³/mol. The number of aryl methyl sites for hydroxylation is 2. The maximum atomic E-state index is 16.2. The molecule has 2 atom stereocenters. The first-order chi connectivity index (χ1) is 30.6. The minimum Gasteiger partial charge on any atom is -0.388 e. The number of piperidine rings is 4. The van der Waals surface area contributed by atoms with Crippen LogP contribution in [-0.2, 0) is 26.5 Å². The van der Waals surface area contributed by atoms with Crippen LogP contribution in [0.2, 0.25) is 0 Å². The van der Waals surface area contributed by atoms with E-state index in [1.165, 1.54) is 16.2 Å². The lowest BCUT2D eigenvalue weighted by Gasteiger charge is -2.52. The number of fused-ring (bicyclic) bond motifs is 1. The van der Waals surface area contributed by atoms with Crippen molar-refractivity contribution in [3.8, 4) is 0 Å². The maximum Gasteiger partial charge on any atom is 0.329 e. The number of likely N-dealkylation sites (tertiary alicyclic amines) is 1. The lowest BCUT2D eigenvalue weighted by Crippen LogP contribution is -2.52. The van der Waals surface area contributed by atoms with Gasteiger partial charge in [-0.15, -0.1) is 0 Å². The Hall–Kier alpha value is -4.87. The first kappa shape index (κ1) is 43.0. The molecule has 342 valence electrons. The normalized spacial score (nSPS) is 24.9. The Morgan fingerprint density at radius 2 is 1.70 bits per heavy atom. The third-order valence-electron chi connectivity index (χ3n) is 15.4. The first-order valence-electron chi connectivity index (χ1n) is 23.2. The van der Waals surface area contributed by atoms with Crippen LogP contribution < -0.4 is 26.1 Å². The van der Waals surface area contributed by atoms with Gasteiger partial charge in [-0.2, -0.15) is 4.98 Å². The summed E-state index contributed by atoms with van der Waals surface area (Å²) < 4.78 is 46.7. The van der Waals surface area contributed by atoms with E-state index in [-0.39, 0.29) is 34.9 Å². The number of carbonyl (C=O) groups excluding carboxylic acids is 2. The fraction of sp³-hybridized carbons (Fsp3) is 0.596. The van der Waals surface area contributed by atoms with Gasteiger partial charge in [-0.25, -0.2) is 22.6 Å². The number of rotatable bonds is 10. The van der Waals surface area contributed by atoms with Gasteiger partial charge in [-0.1, -0.05) is 0 Å². The van der Waals surface area contributed by atoms with E-state index in [9.17, 15) is 27.9 Å². The van der Waals surface area contributed by atoms with Crippen LogP contribution in [0.3, 0.4) is 0 Å². The van der Waals surface area contributed by atoms with E-state index in [1.807, 2.05) is 31.0 Å². The predicted octanol–water partition coefficient (Wildman–Crippen LogP) is 5.46. The number of halogens is 1. The van der Waals surface area contributed by atoms with Crippen molar-refractivity contribution in [2.45, 2.75) is 119 Å². The number of imide groups is 1. The lowest BCUT2D eigenvalue weighted by atomic mass is 9.63. The molecule has 4 aromatic rings. The highest BCUT2D eigenvalue weighted by Crippen LogP contribution is 2.53. The van der Waals surface area contributed by atoms with Crippen LogP contribution in [-0.4, -0.2) is 106 Å². The monoisotopic (exact) mass is 897 g/mol. The molecule has 3 N–H and O–H groups in total. The van der Waals surface area contributed by atoms with E-state index in [1.54, 1.807) is 24.3 Å². The van der Waals surface area contributed by atoms with Gasteiger partial charge in [-0.05, 0) is 151 Å². The number of carbonyl (C=O) groups is 2. The molecule has 10 rings (SSSR count). The van der Waals surface area contributed by atoms with Crippen molar-refractivity contribution in [1.29, 1.82) is 0 Å². The number of imidazole rings is 1. The Morgan fingerprint density at radius 1 is 0.953 bits per heavy atom. The van der Waals surface area contributed by atoms with Crippen molar-refractivity contribution in [3.63, 3.8) is 0 Å². The number of hydrogen-bond acceptors (Lipinski definition) is 12. The summed E-state index contributed by atoms with van der Waals surface area (Å²) in [6.07, 6.45) is 11.3. The zero-order chi connectivity index (χ0) is 44.7. The third-order valence-corrected chi connectivity index (χ3v) is 17.5. The van der Waals surface area contributed by atoms with Crippen molar-refractivity contribution in [2.24, 2.45) is 18.4 Å². The molecule has 4 aliphatic heterocycles. The molecule has 6 fully saturated rings. The highest BCUT2D eigenvalue weighted by molar-refractivity contribution is 7.92. The van der Waals surface area contributed by atoms with E-state index in [2.05, 4.69) is 25.4 Å². The minimum atomic E-state index is -3.50. The Balaban J connectivity index is 0.716. The molecule has 0 bridgehead atoms. The van der Waals surface area contributed by atoms with Crippen LogP contribution in [0.15, 0.2) is 46.2 Å². The molecule has 4 saturated heterocycles. The number of β-amino-alcohol motifs (C(OH)–C–C–N with tert-alkyl or cyclic N) is 1. The second-order valence-corrected chi connectivity index (χ2v) is 22.3. The minimum absolute atomic E-state index is 0.0606. The quantitative estimate of drug-likeness (QED) is 0.172. The average Bonchev–Trinajstić information content (AvgIpc) is 4.07. The molecule has 2 unspecified atom stereocenters. The Bertz CT molecular complexity index is 2670. The van der Waals surface area contributed by atoms with E-state index >= 15 is 4.39 Å². The number of nitrogens with zero attached hydrogens (tertiary/aromatic N) is 7. The topological polar surface area (TPSA) is 175 Å². The fourth-order valence-electron chi connectivity index (χ4n) is 11.4. The van der Waals surface area contributed by atoms with Gasteiger partial charge in [0.15, 0.2) is 15.7 Å².